The normalized spacial score (nSPS) is 14.3. The predicted octanol–water partition coefficient (Wildman–Crippen LogP) is 5.69. The summed E-state index contributed by atoms with van der Waals surface area (Å²) in [6, 6.07) is 8.50. The zero-order valence-corrected chi connectivity index (χ0v) is 20.8. The number of aryl methyl sites for hydroxylation is 1. The number of carbonyl (C=O) groups excluding carboxylic acids is 1. The molecule has 2 N–H and O–H groups in total. The number of hydrogen-bond acceptors (Lipinski definition) is 4. The summed E-state index contributed by atoms with van der Waals surface area (Å²) in [4.78, 5) is 25.7. The van der Waals surface area contributed by atoms with E-state index in [0.29, 0.717) is 5.56 Å². The molecule has 13 heteroatoms. The van der Waals surface area contributed by atoms with Crippen LogP contribution >= 0.6 is 0 Å². The summed E-state index contributed by atoms with van der Waals surface area (Å²) in [6.45, 7) is 3.11. The van der Waals surface area contributed by atoms with Gasteiger partial charge in [-0.15, -0.1) is 0 Å². The van der Waals surface area contributed by atoms with Gasteiger partial charge >= 0.3 is 18.3 Å². The van der Waals surface area contributed by atoms with Gasteiger partial charge in [0, 0.05) is 13.1 Å². The van der Waals surface area contributed by atoms with Gasteiger partial charge in [-0.05, 0) is 48.2 Å². The van der Waals surface area contributed by atoms with E-state index in [2.05, 4.69) is 10.4 Å². The quantitative estimate of drug-likeness (QED) is 0.367. The molecule has 1 amide bonds. The second-order valence-electron chi connectivity index (χ2n) is 9.15. The fraction of sp³-hybridized carbons (Fsp3) is 0.346. The Bertz CT molecular complexity index is 1400. The molecule has 1 aliphatic heterocycles. The van der Waals surface area contributed by atoms with Crippen molar-refractivity contribution in [1.29, 1.82) is 0 Å². The minimum atomic E-state index is -4.96. The SMILES string of the molecule is CCc1ccc(CN2CCn3nc(C(F)(F)F)c(C(=O)N[C@@H](C)c4ccc(C(=O)O)cc4)c32)cc1C(F)(F)F. The maximum absolute atomic E-state index is 13.9. The molecule has 0 saturated heterocycles. The molecule has 0 aliphatic carbocycles. The third-order valence-corrected chi connectivity index (χ3v) is 6.54. The molecule has 3 aromatic rings. The number of amides is 1. The molecule has 0 unspecified atom stereocenters. The van der Waals surface area contributed by atoms with E-state index in [-0.39, 0.29) is 48.6 Å². The Balaban J connectivity index is 1.66. The first-order valence-electron chi connectivity index (χ1n) is 12.0. The number of hydrogen-bond donors (Lipinski definition) is 2. The first-order chi connectivity index (χ1) is 18.2. The number of carboxylic acid groups (broad SMARTS) is 1. The van der Waals surface area contributed by atoms with Crippen LogP contribution in [0.2, 0.25) is 0 Å². The Morgan fingerprint density at radius 1 is 1.03 bits per heavy atom. The van der Waals surface area contributed by atoms with Gasteiger partial charge in [-0.1, -0.05) is 31.2 Å². The Morgan fingerprint density at radius 2 is 1.69 bits per heavy atom. The number of rotatable bonds is 7. The lowest BCUT2D eigenvalue weighted by molar-refractivity contribution is -0.142. The number of carboxylic acids is 1. The molecule has 0 spiro atoms. The Morgan fingerprint density at radius 3 is 2.26 bits per heavy atom. The average Bonchev–Trinajstić information content (AvgIpc) is 3.43. The predicted molar refractivity (Wildman–Crippen MR) is 128 cm³/mol. The third kappa shape index (κ3) is 5.71. The van der Waals surface area contributed by atoms with Crippen LogP contribution in [0.3, 0.4) is 0 Å². The zero-order valence-electron chi connectivity index (χ0n) is 20.8. The highest BCUT2D eigenvalue weighted by molar-refractivity contribution is 6.01. The number of aromatic nitrogens is 2. The minimum Gasteiger partial charge on any atom is -0.478 e. The number of benzene rings is 2. The number of nitrogens with one attached hydrogen (secondary N) is 1. The van der Waals surface area contributed by atoms with Crippen LogP contribution < -0.4 is 10.2 Å². The molecule has 4 rings (SSSR count). The van der Waals surface area contributed by atoms with Crippen molar-refractivity contribution in [3.63, 3.8) is 0 Å². The van der Waals surface area contributed by atoms with Crippen molar-refractivity contribution in [2.24, 2.45) is 0 Å². The van der Waals surface area contributed by atoms with Gasteiger partial charge < -0.3 is 15.3 Å². The summed E-state index contributed by atoms with van der Waals surface area (Å²) in [6.07, 6.45) is -9.40. The lowest BCUT2D eigenvalue weighted by Gasteiger charge is -2.22. The fourth-order valence-corrected chi connectivity index (χ4v) is 4.59. The van der Waals surface area contributed by atoms with Crippen molar-refractivity contribution in [3.8, 4) is 0 Å². The molecule has 1 aromatic heterocycles. The highest BCUT2D eigenvalue weighted by Crippen LogP contribution is 2.39. The molecule has 208 valence electrons. The molecule has 2 heterocycles. The Labute approximate surface area is 219 Å². The van der Waals surface area contributed by atoms with Gasteiger partial charge in [-0.25, -0.2) is 9.48 Å². The van der Waals surface area contributed by atoms with Gasteiger partial charge in [0.25, 0.3) is 5.91 Å². The van der Waals surface area contributed by atoms with Gasteiger partial charge in [0.05, 0.1) is 23.7 Å². The van der Waals surface area contributed by atoms with E-state index in [1.165, 1.54) is 48.2 Å². The van der Waals surface area contributed by atoms with Crippen molar-refractivity contribution in [3.05, 3.63) is 81.5 Å². The molecule has 1 atom stereocenters. The topological polar surface area (TPSA) is 87.5 Å². The summed E-state index contributed by atoms with van der Waals surface area (Å²) < 4.78 is 83.4. The molecule has 39 heavy (non-hydrogen) atoms. The second kappa shape index (κ2) is 10.3. The second-order valence-corrected chi connectivity index (χ2v) is 9.15. The maximum Gasteiger partial charge on any atom is 0.436 e. The molecule has 0 bridgehead atoms. The monoisotopic (exact) mass is 554 g/mol. The highest BCUT2D eigenvalue weighted by Gasteiger charge is 2.44. The van der Waals surface area contributed by atoms with E-state index in [1.54, 1.807) is 6.92 Å². The number of halogens is 6. The van der Waals surface area contributed by atoms with E-state index in [9.17, 15) is 35.9 Å². The van der Waals surface area contributed by atoms with Crippen LogP contribution in [0.1, 0.15) is 68.6 Å². The Kier molecular flexibility index (Phi) is 7.37. The van der Waals surface area contributed by atoms with E-state index in [1.807, 2.05) is 0 Å². The van der Waals surface area contributed by atoms with Gasteiger partial charge in [0.1, 0.15) is 11.4 Å². The smallest absolute Gasteiger partial charge is 0.436 e. The van der Waals surface area contributed by atoms with Crippen molar-refractivity contribution < 1.29 is 41.0 Å². The van der Waals surface area contributed by atoms with E-state index < -0.39 is 47.1 Å². The zero-order chi connectivity index (χ0) is 28.7. The Hall–Kier alpha value is -4.03. The maximum atomic E-state index is 13.9. The molecule has 1 aliphatic rings. The number of fused-ring (bicyclic) bond motifs is 1. The summed E-state index contributed by atoms with van der Waals surface area (Å²) in [5, 5.41) is 15.2. The largest absolute Gasteiger partial charge is 0.478 e. The van der Waals surface area contributed by atoms with Crippen LogP contribution in [0, 0.1) is 0 Å². The molecular formula is C26H24F6N4O3. The van der Waals surface area contributed by atoms with Crippen LogP contribution in [0.5, 0.6) is 0 Å². The van der Waals surface area contributed by atoms with Gasteiger partial charge in [0.15, 0.2) is 5.69 Å². The van der Waals surface area contributed by atoms with Crippen molar-refractivity contribution in [2.45, 2.75) is 51.8 Å². The molecule has 2 aromatic carbocycles. The van der Waals surface area contributed by atoms with E-state index in [0.717, 1.165) is 10.7 Å². The van der Waals surface area contributed by atoms with Gasteiger partial charge in [0.2, 0.25) is 0 Å². The van der Waals surface area contributed by atoms with Crippen LogP contribution in [-0.2, 0) is 31.9 Å². The van der Waals surface area contributed by atoms with Crippen LogP contribution in [0.15, 0.2) is 42.5 Å². The van der Waals surface area contributed by atoms with E-state index in [4.69, 9.17) is 5.11 Å². The molecule has 0 saturated carbocycles. The summed E-state index contributed by atoms with van der Waals surface area (Å²) in [7, 11) is 0. The van der Waals surface area contributed by atoms with Crippen molar-refractivity contribution >= 4 is 17.7 Å². The van der Waals surface area contributed by atoms with Crippen molar-refractivity contribution in [2.75, 3.05) is 11.4 Å². The molecule has 7 nitrogen and oxygen atoms in total. The number of alkyl halides is 6. The lowest BCUT2D eigenvalue weighted by Crippen LogP contribution is -2.31. The molecular weight excluding hydrogens is 530 g/mol. The van der Waals surface area contributed by atoms with E-state index >= 15 is 0 Å². The number of nitrogens with zero attached hydrogens (tertiary/aromatic N) is 3. The van der Waals surface area contributed by atoms with Gasteiger partial charge in [-0.2, -0.15) is 31.4 Å². The minimum absolute atomic E-state index is 0.00220. The first kappa shape index (κ1) is 28.0. The first-order valence-corrected chi connectivity index (χ1v) is 12.0. The standard InChI is InChI=1S/C26H24F6N4O3/c1-3-16-5-4-15(12-19(16)25(27,28)29)13-35-10-11-36-23(35)20(21(34-36)26(30,31)32)22(37)33-14(2)17-6-8-18(9-7-17)24(38)39/h4-9,12,14H,3,10-11,13H2,1-2H3,(H,33,37)(H,38,39)/t14-/m0/s1. The van der Waals surface area contributed by atoms with Gasteiger partial charge in [-0.3, -0.25) is 4.79 Å². The van der Waals surface area contributed by atoms with Crippen molar-refractivity contribution in [1.82, 2.24) is 15.1 Å². The number of anilines is 1. The summed E-state index contributed by atoms with van der Waals surface area (Å²) in [5.74, 6) is -2.36. The number of carbonyl (C=O) groups is 2. The highest BCUT2D eigenvalue weighted by atomic mass is 19.4. The summed E-state index contributed by atoms with van der Waals surface area (Å²) >= 11 is 0. The lowest BCUT2D eigenvalue weighted by atomic mass is 10.0. The number of aromatic carboxylic acids is 1. The molecule has 0 fully saturated rings. The van der Waals surface area contributed by atoms with Crippen LogP contribution in [0.25, 0.3) is 0 Å². The summed E-state index contributed by atoms with van der Waals surface area (Å²) in [5.41, 5.74) is -2.16. The fourth-order valence-electron chi connectivity index (χ4n) is 4.59. The molecule has 0 radical (unpaired) electrons. The van der Waals surface area contributed by atoms with Crippen LogP contribution in [0.4, 0.5) is 32.2 Å². The third-order valence-electron chi connectivity index (χ3n) is 6.54. The van der Waals surface area contributed by atoms with Crippen LogP contribution in [-0.4, -0.2) is 33.3 Å². The average molecular weight is 554 g/mol.